The molecule has 2 aromatic rings. The Hall–Kier alpha value is -2.35. The zero-order valence-corrected chi connectivity index (χ0v) is 13.8. The van der Waals surface area contributed by atoms with Crippen LogP contribution in [0.15, 0.2) is 12.4 Å². The predicted molar refractivity (Wildman–Crippen MR) is 84.1 cm³/mol. The average molecular weight is 328 g/mol. The molecule has 4 rings (SSSR count). The summed E-state index contributed by atoms with van der Waals surface area (Å²) in [5.41, 5.74) is 1.19. The van der Waals surface area contributed by atoms with Gasteiger partial charge in [0, 0.05) is 19.3 Å². The second-order valence-corrected chi connectivity index (χ2v) is 6.52. The van der Waals surface area contributed by atoms with Crippen molar-refractivity contribution in [3.8, 4) is 0 Å². The smallest absolute Gasteiger partial charge is 0.274 e. The third kappa shape index (κ3) is 2.77. The summed E-state index contributed by atoms with van der Waals surface area (Å²) in [4.78, 5) is 27.1. The topological polar surface area (TPSA) is 96.9 Å². The van der Waals surface area contributed by atoms with Gasteiger partial charge in [-0.1, -0.05) is 0 Å². The van der Waals surface area contributed by atoms with Crippen molar-refractivity contribution in [1.82, 2.24) is 30.0 Å². The molecule has 4 heterocycles. The summed E-state index contributed by atoms with van der Waals surface area (Å²) in [6, 6.07) is 0. The number of hydrogen-bond acceptors (Lipinski definition) is 6. The highest BCUT2D eigenvalue weighted by Gasteiger charge is 2.42. The number of nitrogens with one attached hydrogen (secondary N) is 1. The largest absolute Gasteiger partial charge is 0.365 e. The average Bonchev–Trinajstić information content (AvgIpc) is 3.20. The number of hydrogen-bond donors (Lipinski definition) is 1. The van der Waals surface area contributed by atoms with E-state index in [1.54, 1.807) is 12.4 Å². The molecule has 3 atom stereocenters. The molecule has 24 heavy (non-hydrogen) atoms. The third-order valence-corrected chi connectivity index (χ3v) is 4.74. The van der Waals surface area contributed by atoms with E-state index in [1.165, 1.54) is 0 Å². The Labute approximate surface area is 139 Å². The van der Waals surface area contributed by atoms with Crippen LogP contribution in [-0.2, 0) is 4.74 Å². The van der Waals surface area contributed by atoms with Gasteiger partial charge >= 0.3 is 0 Å². The van der Waals surface area contributed by atoms with E-state index in [4.69, 9.17) is 4.74 Å². The predicted octanol–water partition coefficient (Wildman–Crippen LogP) is 1.20. The van der Waals surface area contributed by atoms with Crippen molar-refractivity contribution in [2.45, 2.75) is 38.9 Å². The zero-order valence-electron chi connectivity index (χ0n) is 13.8. The number of aromatic amines is 1. The number of carbonyl (C=O) groups is 1. The van der Waals surface area contributed by atoms with Gasteiger partial charge in [-0.2, -0.15) is 5.10 Å². The lowest BCUT2D eigenvalue weighted by Crippen LogP contribution is -2.45. The molecule has 2 saturated heterocycles. The zero-order chi connectivity index (χ0) is 16.7. The van der Waals surface area contributed by atoms with Crippen LogP contribution in [-0.4, -0.2) is 55.1 Å². The van der Waals surface area contributed by atoms with Crippen molar-refractivity contribution >= 4 is 5.91 Å². The number of fused-ring (bicyclic) bond motifs is 1. The first-order valence-electron chi connectivity index (χ1n) is 8.22. The number of nitrogens with zero attached hydrogens (tertiary/aromatic N) is 5. The number of aryl methyl sites for hydroxylation is 2. The van der Waals surface area contributed by atoms with Gasteiger partial charge in [0.15, 0.2) is 5.82 Å². The highest BCUT2D eigenvalue weighted by molar-refractivity contribution is 5.92. The highest BCUT2D eigenvalue weighted by Crippen LogP contribution is 2.40. The Kier molecular flexibility index (Phi) is 3.76. The molecular formula is C16H20N6O2. The first kappa shape index (κ1) is 15.2. The van der Waals surface area contributed by atoms with E-state index in [-0.39, 0.29) is 18.1 Å². The van der Waals surface area contributed by atoms with Crippen LogP contribution < -0.4 is 0 Å². The van der Waals surface area contributed by atoms with E-state index in [1.807, 2.05) is 18.7 Å². The fourth-order valence-corrected chi connectivity index (χ4v) is 3.45. The van der Waals surface area contributed by atoms with Gasteiger partial charge in [-0.05, 0) is 32.6 Å². The molecule has 8 nitrogen and oxygen atoms in total. The molecule has 2 aliphatic rings. The van der Waals surface area contributed by atoms with E-state index in [9.17, 15) is 4.79 Å². The standard InChI is InChI=1S/C16H20N6O2/c1-9-6-18-12(7-17-9)16(23)22-4-3-11-5-13(24-14(11)8-22)15-19-10(2)20-21-15/h6-7,11,13-14H,3-5,8H2,1-2H3,(H,19,20,21)/t11-,13+,14+/m1/s1. The number of amides is 1. The molecule has 0 saturated carbocycles. The Morgan fingerprint density at radius 3 is 2.92 bits per heavy atom. The summed E-state index contributed by atoms with van der Waals surface area (Å²) in [5.74, 6) is 1.87. The lowest BCUT2D eigenvalue weighted by molar-refractivity contribution is -0.00699. The molecular weight excluding hydrogens is 308 g/mol. The maximum atomic E-state index is 12.6. The third-order valence-electron chi connectivity index (χ3n) is 4.74. The van der Waals surface area contributed by atoms with Crippen LogP contribution in [0.1, 0.15) is 46.8 Å². The number of ether oxygens (including phenoxy) is 1. The van der Waals surface area contributed by atoms with Crippen LogP contribution in [0, 0.1) is 19.8 Å². The maximum Gasteiger partial charge on any atom is 0.274 e. The molecule has 0 aromatic carbocycles. The first-order chi connectivity index (χ1) is 11.6. The SMILES string of the molecule is Cc1cnc(C(=O)N2CC[C@@H]3C[C@@H](c4n[nH]c(C)n4)O[C@H]3C2)cn1. The highest BCUT2D eigenvalue weighted by atomic mass is 16.5. The molecule has 0 aliphatic carbocycles. The summed E-state index contributed by atoms with van der Waals surface area (Å²) in [7, 11) is 0. The molecule has 0 bridgehead atoms. The summed E-state index contributed by atoms with van der Waals surface area (Å²) < 4.78 is 6.13. The number of rotatable bonds is 2. The lowest BCUT2D eigenvalue weighted by atomic mass is 9.91. The Morgan fingerprint density at radius 2 is 2.21 bits per heavy atom. The minimum atomic E-state index is -0.0841. The normalized spacial score (nSPS) is 26.4. The number of carbonyl (C=O) groups excluding carboxylic acids is 1. The Bertz CT molecular complexity index is 743. The van der Waals surface area contributed by atoms with Gasteiger partial charge in [-0.15, -0.1) is 0 Å². The Morgan fingerprint density at radius 1 is 1.33 bits per heavy atom. The fraction of sp³-hybridized carbons (Fsp3) is 0.562. The van der Waals surface area contributed by atoms with E-state index in [0.29, 0.717) is 24.0 Å². The molecule has 0 unspecified atom stereocenters. The number of H-pyrrole nitrogens is 1. The van der Waals surface area contributed by atoms with Crippen molar-refractivity contribution in [2.24, 2.45) is 5.92 Å². The van der Waals surface area contributed by atoms with Crippen LogP contribution in [0.5, 0.6) is 0 Å². The van der Waals surface area contributed by atoms with E-state index >= 15 is 0 Å². The Balaban J connectivity index is 1.44. The number of piperidine rings is 1. The minimum Gasteiger partial charge on any atom is -0.365 e. The van der Waals surface area contributed by atoms with E-state index in [2.05, 4.69) is 25.1 Å². The molecule has 126 valence electrons. The summed E-state index contributed by atoms with van der Waals surface area (Å²) in [6.45, 7) is 5.03. The van der Waals surface area contributed by atoms with Gasteiger partial charge < -0.3 is 9.64 Å². The maximum absolute atomic E-state index is 12.6. The second-order valence-electron chi connectivity index (χ2n) is 6.52. The van der Waals surface area contributed by atoms with Crippen LogP contribution in [0.2, 0.25) is 0 Å². The molecule has 2 aliphatic heterocycles. The summed E-state index contributed by atoms with van der Waals surface area (Å²) in [5, 5.41) is 7.06. The molecule has 2 fully saturated rings. The van der Waals surface area contributed by atoms with Gasteiger partial charge in [-0.3, -0.25) is 14.9 Å². The van der Waals surface area contributed by atoms with E-state index < -0.39 is 0 Å². The van der Waals surface area contributed by atoms with Gasteiger partial charge in [0.05, 0.1) is 18.0 Å². The van der Waals surface area contributed by atoms with Crippen molar-refractivity contribution in [1.29, 1.82) is 0 Å². The first-order valence-corrected chi connectivity index (χ1v) is 8.22. The van der Waals surface area contributed by atoms with Gasteiger partial charge in [0.2, 0.25) is 0 Å². The number of aromatic nitrogens is 5. The molecule has 2 aromatic heterocycles. The molecule has 1 N–H and O–H groups in total. The lowest BCUT2D eigenvalue weighted by Gasteiger charge is -2.33. The quantitative estimate of drug-likeness (QED) is 0.890. The van der Waals surface area contributed by atoms with Crippen LogP contribution in [0.25, 0.3) is 0 Å². The van der Waals surface area contributed by atoms with Crippen LogP contribution in [0.3, 0.4) is 0 Å². The minimum absolute atomic E-state index is 0.0323. The van der Waals surface area contributed by atoms with Crippen molar-refractivity contribution < 1.29 is 9.53 Å². The van der Waals surface area contributed by atoms with Crippen molar-refractivity contribution in [2.75, 3.05) is 13.1 Å². The molecule has 1 amide bonds. The molecule has 0 spiro atoms. The molecule has 8 heteroatoms. The van der Waals surface area contributed by atoms with Crippen LogP contribution in [0.4, 0.5) is 0 Å². The molecule has 0 radical (unpaired) electrons. The second kappa shape index (κ2) is 5.94. The summed E-state index contributed by atoms with van der Waals surface area (Å²) >= 11 is 0. The summed E-state index contributed by atoms with van der Waals surface area (Å²) in [6.07, 6.45) is 4.94. The van der Waals surface area contributed by atoms with Gasteiger partial charge in [-0.25, -0.2) is 9.97 Å². The van der Waals surface area contributed by atoms with Crippen molar-refractivity contribution in [3.63, 3.8) is 0 Å². The van der Waals surface area contributed by atoms with Crippen molar-refractivity contribution in [3.05, 3.63) is 35.4 Å². The van der Waals surface area contributed by atoms with E-state index in [0.717, 1.165) is 30.9 Å². The van der Waals surface area contributed by atoms with Gasteiger partial charge in [0.25, 0.3) is 5.91 Å². The fourth-order valence-electron chi connectivity index (χ4n) is 3.45. The van der Waals surface area contributed by atoms with Crippen LogP contribution >= 0.6 is 0 Å². The number of likely N-dealkylation sites (tertiary alicyclic amines) is 1. The van der Waals surface area contributed by atoms with Gasteiger partial charge in [0.1, 0.15) is 17.6 Å². The monoisotopic (exact) mass is 328 g/mol.